The summed E-state index contributed by atoms with van der Waals surface area (Å²) in [5, 5.41) is 21.2. The van der Waals surface area contributed by atoms with Crippen LogP contribution in [0.4, 0.5) is 0 Å². The van der Waals surface area contributed by atoms with Gasteiger partial charge in [-0.1, -0.05) is 0 Å². The van der Waals surface area contributed by atoms with Crippen LogP contribution in [0.1, 0.15) is 18.9 Å². The van der Waals surface area contributed by atoms with E-state index in [0.717, 1.165) is 11.3 Å². The van der Waals surface area contributed by atoms with Gasteiger partial charge in [-0.25, -0.2) is 4.98 Å². The van der Waals surface area contributed by atoms with E-state index in [4.69, 9.17) is 14.9 Å². The maximum Gasteiger partial charge on any atom is 0.135 e. The van der Waals surface area contributed by atoms with E-state index in [9.17, 15) is 5.11 Å². The van der Waals surface area contributed by atoms with Crippen LogP contribution in [0.3, 0.4) is 0 Å². The summed E-state index contributed by atoms with van der Waals surface area (Å²) >= 11 is 1.40. The molecule has 1 aliphatic rings. The zero-order valence-electron chi connectivity index (χ0n) is 14.7. The van der Waals surface area contributed by atoms with Crippen LogP contribution in [0.5, 0.6) is 11.5 Å². The second kappa shape index (κ2) is 6.76. The second-order valence-corrected chi connectivity index (χ2v) is 6.85. The van der Waals surface area contributed by atoms with Crippen molar-refractivity contribution in [2.24, 2.45) is 0 Å². The Labute approximate surface area is 150 Å². The third-order valence-corrected chi connectivity index (χ3v) is 5.02. The first kappa shape index (κ1) is 17.3. The number of nitrogens with one attached hydrogen (secondary N) is 1. The predicted octanol–water partition coefficient (Wildman–Crippen LogP) is 3.80. The van der Waals surface area contributed by atoms with Crippen molar-refractivity contribution in [3.63, 3.8) is 0 Å². The average molecular weight is 359 g/mol. The van der Waals surface area contributed by atoms with Crippen molar-refractivity contribution in [2.45, 2.75) is 19.9 Å². The molecule has 2 N–H and O–H groups in total. The van der Waals surface area contributed by atoms with Gasteiger partial charge in [-0.05, 0) is 32.0 Å². The summed E-state index contributed by atoms with van der Waals surface area (Å²) in [5.74, 6) is 1.91. The Balaban J connectivity index is 1.99. The van der Waals surface area contributed by atoms with Crippen LogP contribution in [-0.2, 0) is 0 Å². The minimum atomic E-state index is 0.144. The number of aliphatic hydroxyl groups is 1. The molecule has 0 spiro atoms. The Morgan fingerprint density at radius 2 is 2.04 bits per heavy atom. The van der Waals surface area contributed by atoms with Gasteiger partial charge < -0.3 is 19.5 Å². The number of ether oxygens (including phenoxy) is 2. The van der Waals surface area contributed by atoms with Crippen LogP contribution in [0.2, 0.25) is 0 Å². The van der Waals surface area contributed by atoms with Crippen LogP contribution in [0, 0.1) is 5.41 Å². The number of nitrogens with zero attached hydrogens (tertiary/aromatic N) is 2. The highest BCUT2D eigenvalue weighted by molar-refractivity contribution is 7.11. The fraction of sp³-hybridized carbons (Fsp3) is 0.333. The number of aliphatic hydroxyl groups excluding tert-OH is 1. The van der Waals surface area contributed by atoms with E-state index in [0.29, 0.717) is 34.5 Å². The molecular formula is C18H21N3O3S. The Bertz CT molecular complexity index is 842. The zero-order valence-corrected chi connectivity index (χ0v) is 15.5. The molecule has 0 radical (unpaired) electrons. The first-order valence-electron chi connectivity index (χ1n) is 7.92. The molecule has 0 bridgehead atoms. The van der Waals surface area contributed by atoms with Gasteiger partial charge in [0.15, 0.2) is 0 Å². The zero-order chi connectivity index (χ0) is 18.1. The number of amidine groups is 1. The molecule has 0 unspecified atom stereocenters. The lowest BCUT2D eigenvalue weighted by Gasteiger charge is -2.22. The summed E-state index contributed by atoms with van der Waals surface area (Å²) in [4.78, 5) is 6.48. The van der Waals surface area contributed by atoms with Gasteiger partial charge in [0.2, 0.25) is 0 Å². The van der Waals surface area contributed by atoms with Gasteiger partial charge in [-0.15, -0.1) is 11.3 Å². The lowest BCUT2D eigenvalue weighted by molar-refractivity contribution is 0.318. The molecule has 0 saturated heterocycles. The molecule has 0 atom stereocenters. The fourth-order valence-corrected chi connectivity index (χ4v) is 3.68. The van der Waals surface area contributed by atoms with Gasteiger partial charge in [0.25, 0.3) is 0 Å². The monoisotopic (exact) mass is 359 g/mol. The first-order valence-corrected chi connectivity index (χ1v) is 8.80. The van der Waals surface area contributed by atoms with E-state index < -0.39 is 0 Å². The van der Waals surface area contributed by atoms with Gasteiger partial charge >= 0.3 is 0 Å². The number of benzene rings is 1. The largest absolute Gasteiger partial charge is 0.510 e. The molecule has 0 amide bonds. The van der Waals surface area contributed by atoms with Crippen LogP contribution in [0.25, 0.3) is 16.8 Å². The first-order chi connectivity index (χ1) is 12.0. The smallest absolute Gasteiger partial charge is 0.135 e. The Kier molecular flexibility index (Phi) is 4.67. The van der Waals surface area contributed by atoms with E-state index in [1.807, 2.05) is 42.3 Å². The van der Waals surface area contributed by atoms with E-state index in [2.05, 4.69) is 4.98 Å². The Morgan fingerprint density at radius 1 is 1.28 bits per heavy atom. The topological polar surface area (TPSA) is 78.7 Å². The summed E-state index contributed by atoms with van der Waals surface area (Å²) in [6, 6.07) is 5.68. The molecule has 3 rings (SSSR count). The van der Waals surface area contributed by atoms with Crippen LogP contribution in [0.15, 0.2) is 29.3 Å². The van der Waals surface area contributed by atoms with Crippen molar-refractivity contribution in [3.8, 4) is 22.8 Å². The Morgan fingerprint density at radius 3 is 2.64 bits per heavy atom. The minimum Gasteiger partial charge on any atom is -0.510 e. The van der Waals surface area contributed by atoms with Crippen molar-refractivity contribution >= 4 is 22.7 Å². The van der Waals surface area contributed by atoms with Crippen molar-refractivity contribution < 1.29 is 14.6 Å². The molecule has 6 nitrogen and oxygen atoms in total. The summed E-state index contributed by atoms with van der Waals surface area (Å²) in [6.45, 7) is 4.35. The second-order valence-electron chi connectivity index (χ2n) is 6.00. The van der Waals surface area contributed by atoms with Gasteiger partial charge in [-0.2, -0.15) is 0 Å². The average Bonchev–Trinajstić information content (AvgIpc) is 3.18. The SMILES string of the molecule is COc1ccc(OC)c(-c2csc(C3=C(O)CN(C(C)C)C3=N)n2)c1. The molecule has 25 heavy (non-hydrogen) atoms. The number of methoxy groups -OCH3 is 2. The van der Waals surface area contributed by atoms with Crippen molar-refractivity contribution in [1.29, 1.82) is 5.41 Å². The molecule has 2 aromatic rings. The standard InChI is InChI=1S/C18H21N3O3S/c1-10(2)21-8-14(22)16(17(21)19)18-20-13(9-25-18)12-7-11(23-3)5-6-15(12)24-4/h5-7,9-10,19,22H,8H2,1-4H3. The summed E-state index contributed by atoms with van der Waals surface area (Å²) in [7, 11) is 3.22. The summed E-state index contributed by atoms with van der Waals surface area (Å²) < 4.78 is 10.7. The molecular weight excluding hydrogens is 338 g/mol. The van der Waals surface area contributed by atoms with E-state index in [-0.39, 0.29) is 11.8 Å². The molecule has 1 aromatic heterocycles. The van der Waals surface area contributed by atoms with Crippen LogP contribution in [-0.4, -0.2) is 47.6 Å². The highest BCUT2D eigenvalue weighted by Gasteiger charge is 2.31. The van der Waals surface area contributed by atoms with E-state index >= 15 is 0 Å². The number of thiazole rings is 1. The van der Waals surface area contributed by atoms with Gasteiger partial charge in [0.1, 0.15) is 28.1 Å². The fourth-order valence-electron chi connectivity index (χ4n) is 2.79. The molecule has 7 heteroatoms. The van der Waals surface area contributed by atoms with Crippen molar-refractivity contribution in [3.05, 3.63) is 34.3 Å². The maximum absolute atomic E-state index is 10.3. The molecule has 2 heterocycles. The number of hydrogen-bond acceptors (Lipinski definition) is 6. The number of aromatic nitrogens is 1. The quantitative estimate of drug-likeness (QED) is 0.849. The highest BCUT2D eigenvalue weighted by Crippen LogP contribution is 2.37. The summed E-state index contributed by atoms with van der Waals surface area (Å²) in [5.41, 5.74) is 2.05. The normalized spacial score (nSPS) is 14.6. The minimum absolute atomic E-state index is 0.144. The Hall–Kier alpha value is -2.54. The van der Waals surface area contributed by atoms with Gasteiger partial charge in [0, 0.05) is 17.0 Å². The summed E-state index contributed by atoms with van der Waals surface area (Å²) in [6.07, 6.45) is 0. The van der Waals surface area contributed by atoms with Crippen molar-refractivity contribution in [2.75, 3.05) is 20.8 Å². The number of hydrogen-bond donors (Lipinski definition) is 2. The van der Waals surface area contributed by atoms with E-state index in [1.54, 1.807) is 14.2 Å². The lowest BCUT2D eigenvalue weighted by Crippen LogP contribution is -2.33. The van der Waals surface area contributed by atoms with Crippen LogP contribution >= 0.6 is 11.3 Å². The molecule has 0 fully saturated rings. The lowest BCUT2D eigenvalue weighted by atomic mass is 10.1. The van der Waals surface area contributed by atoms with Crippen LogP contribution < -0.4 is 9.47 Å². The third-order valence-electron chi connectivity index (χ3n) is 4.16. The number of rotatable bonds is 5. The van der Waals surface area contributed by atoms with Gasteiger partial charge in [0.05, 0.1) is 32.0 Å². The van der Waals surface area contributed by atoms with Crippen molar-refractivity contribution in [1.82, 2.24) is 9.88 Å². The third kappa shape index (κ3) is 3.07. The highest BCUT2D eigenvalue weighted by atomic mass is 32.1. The molecule has 132 valence electrons. The van der Waals surface area contributed by atoms with E-state index in [1.165, 1.54) is 11.3 Å². The molecule has 0 saturated carbocycles. The molecule has 1 aliphatic heterocycles. The molecule has 1 aromatic carbocycles. The maximum atomic E-state index is 10.3. The predicted molar refractivity (Wildman–Crippen MR) is 99.8 cm³/mol. The van der Waals surface area contributed by atoms with Gasteiger partial charge in [-0.3, -0.25) is 5.41 Å². The molecule has 0 aliphatic carbocycles.